The Morgan fingerprint density at radius 2 is 2.15 bits per heavy atom. The molecule has 20 heavy (non-hydrogen) atoms. The average Bonchev–Trinajstić information content (AvgIpc) is 3.00. The smallest absolute Gasteiger partial charge is 0.0934 e. The molecule has 0 amide bonds. The van der Waals surface area contributed by atoms with E-state index in [1.54, 1.807) is 11.3 Å². The van der Waals surface area contributed by atoms with Gasteiger partial charge < -0.3 is 5.32 Å². The second kappa shape index (κ2) is 6.30. The van der Waals surface area contributed by atoms with Crippen molar-refractivity contribution in [2.24, 2.45) is 0 Å². The summed E-state index contributed by atoms with van der Waals surface area (Å²) < 4.78 is 0.924. The summed E-state index contributed by atoms with van der Waals surface area (Å²) in [5.41, 5.74) is 2.82. The van der Waals surface area contributed by atoms with Crippen molar-refractivity contribution in [3.05, 3.63) is 56.7 Å². The van der Waals surface area contributed by atoms with Crippen molar-refractivity contribution in [3.63, 3.8) is 0 Å². The van der Waals surface area contributed by atoms with Crippen LogP contribution in [0.2, 0.25) is 4.34 Å². The number of thiophene rings is 1. The van der Waals surface area contributed by atoms with Gasteiger partial charge >= 0.3 is 0 Å². The highest BCUT2D eigenvalue weighted by Gasteiger charge is 2.27. The molecular weight excluding hydrogens is 286 g/mol. The third-order valence-electron chi connectivity index (χ3n) is 4.03. The molecule has 3 rings (SSSR count). The molecule has 0 spiro atoms. The van der Waals surface area contributed by atoms with Crippen molar-refractivity contribution in [1.29, 1.82) is 0 Å². The van der Waals surface area contributed by atoms with Crippen LogP contribution in [0, 0.1) is 0 Å². The molecule has 0 aliphatic heterocycles. The Labute approximate surface area is 130 Å². The van der Waals surface area contributed by atoms with E-state index in [0.717, 1.165) is 10.8 Å². The van der Waals surface area contributed by atoms with E-state index in [0.29, 0.717) is 12.1 Å². The lowest BCUT2D eigenvalue weighted by molar-refractivity contribution is 0.419. The largest absolute Gasteiger partial charge is 0.303 e. The monoisotopic (exact) mass is 305 g/mol. The van der Waals surface area contributed by atoms with Crippen molar-refractivity contribution in [1.82, 2.24) is 5.32 Å². The number of aryl methyl sites for hydroxylation is 1. The Hall–Kier alpha value is -0.830. The maximum absolute atomic E-state index is 6.15. The van der Waals surface area contributed by atoms with Crippen LogP contribution in [-0.2, 0) is 6.42 Å². The molecule has 1 aliphatic rings. The number of benzene rings is 1. The fourth-order valence-corrected chi connectivity index (χ4v) is 4.42. The maximum atomic E-state index is 6.15. The van der Waals surface area contributed by atoms with Crippen LogP contribution in [0.3, 0.4) is 0 Å². The Kier molecular flexibility index (Phi) is 4.45. The molecule has 1 aliphatic carbocycles. The topological polar surface area (TPSA) is 12.0 Å². The first-order valence-corrected chi connectivity index (χ1v) is 8.56. The lowest BCUT2D eigenvalue weighted by Gasteiger charge is -2.23. The van der Waals surface area contributed by atoms with Crippen LogP contribution in [0.4, 0.5) is 0 Å². The normalized spacial score (nSPS) is 19.0. The van der Waals surface area contributed by atoms with E-state index in [4.69, 9.17) is 11.6 Å². The zero-order valence-electron chi connectivity index (χ0n) is 11.7. The summed E-state index contributed by atoms with van der Waals surface area (Å²) in [4.78, 5) is 1.47. The van der Waals surface area contributed by atoms with E-state index in [2.05, 4.69) is 48.6 Å². The van der Waals surface area contributed by atoms with Gasteiger partial charge in [-0.25, -0.2) is 0 Å². The first-order chi connectivity index (χ1) is 9.78. The number of fused-ring (bicyclic) bond motifs is 1. The molecule has 0 fully saturated rings. The predicted octanol–water partition coefficient (Wildman–Crippen LogP) is 5.52. The number of nitrogens with one attached hydrogen (secondary N) is 1. The van der Waals surface area contributed by atoms with Crippen molar-refractivity contribution in [2.75, 3.05) is 0 Å². The minimum absolute atomic E-state index is 0.441. The fraction of sp³-hybridized carbons (Fsp3) is 0.412. The Balaban J connectivity index is 1.78. The molecule has 1 aromatic heterocycles. The summed E-state index contributed by atoms with van der Waals surface area (Å²) in [7, 11) is 0. The molecule has 0 saturated heterocycles. The van der Waals surface area contributed by atoms with Gasteiger partial charge in [-0.1, -0.05) is 55.3 Å². The lowest BCUT2D eigenvalue weighted by Crippen LogP contribution is -2.25. The molecule has 2 aromatic rings. The summed E-state index contributed by atoms with van der Waals surface area (Å²) in [6.07, 6.45) is 4.73. The molecule has 3 heteroatoms. The van der Waals surface area contributed by atoms with Crippen LogP contribution in [0.5, 0.6) is 0 Å². The molecule has 106 valence electrons. The van der Waals surface area contributed by atoms with Gasteiger partial charge in [0.2, 0.25) is 0 Å². The van der Waals surface area contributed by atoms with Crippen LogP contribution in [0.15, 0.2) is 36.4 Å². The summed E-state index contributed by atoms with van der Waals surface area (Å²) in [5.74, 6) is 0. The van der Waals surface area contributed by atoms with E-state index in [1.807, 2.05) is 0 Å². The van der Waals surface area contributed by atoms with Crippen molar-refractivity contribution in [3.8, 4) is 0 Å². The molecule has 1 aromatic carbocycles. The quantitative estimate of drug-likeness (QED) is 0.767. The standard InChI is InChI=1S/C17H20ClNS/c1-2-6-14(12-7-4-3-5-8-12)19-15-9-10-16-13(15)11-17(18)20-16/h3-5,7-8,11,14-15,19H,2,6,9-10H2,1H3. The second-order valence-electron chi connectivity index (χ2n) is 5.44. The highest BCUT2D eigenvalue weighted by molar-refractivity contribution is 7.16. The number of halogens is 1. The molecule has 0 bridgehead atoms. The van der Waals surface area contributed by atoms with E-state index in [1.165, 1.54) is 35.3 Å². The third-order valence-corrected chi connectivity index (χ3v) is 5.37. The van der Waals surface area contributed by atoms with Gasteiger partial charge in [0, 0.05) is 17.0 Å². The average molecular weight is 306 g/mol. The number of rotatable bonds is 5. The lowest BCUT2D eigenvalue weighted by atomic mass is 10.0. The van der Waals surface area contributed by atoms with Crippen molar-refractivity contribution >= 4 is 22.9 Å². The fourth-order valence-electron chi connectivity index (χ4n) is 3.07. The first-order valence-electron chi connectivity index (χ1n) is 7.37. The molecule has 1 heterocycles. The molecule has 1 N–H and O–H groups in total. The highest BCUT2D eigenvalue weighted by Crippen LogP contribution is 2.40. The van der Waals surface area contributed by atoms with E-state index in [-0.39, 0.29) is 0 Å². The summed E-state index contributed by atoms with van der Waals surface area (Å²) >= 11 is 7.89. The van der Waals surface area contributed by atoms with Crippen molar-refractivity contribution < 1.29 is 0 Å². The predicted molar refractivity (Wildman–Crippen MR) is 87.6 cm³/mol. The maximum Gasteiger partial charge on any atom is 0.0934 e. The Morgan fingerprint density at radius 3 is 2.90 bits per heavy atom. The SMILES string of the molecule is CCCC(NC1CCc2sc(Cl)cc21)c1ccccc1. The highest BCUT2D eigenvalue weighted by atomic mass is 35.5. The van der Waals surface area contributed by atoms with Crippen LogP contribution in [0.25, 0.3) is 0 Å². The molecule has 2 atom stereocenters. The van der Waals surface area contributed by atoms with E-state index < -0.39 is 0 Å². The van der Waals surface area contributed by atoms with Gasteiger partial charge in [-0.15, -0.1) is 11.3 Å². The Morgan fingerprint density at radius 1 is 1.35 bits per heavy atom. The molecular formula is C17H20ClNS. The number of hydrogen-bond acceptors (Lipinski definition) is 2. The van der Waals surface area contributed by atoms with Gasteiger partial charge in [-0.3, -0.25) is 0 Å². The minimum atomic E-state index is 0.441. The second-order valence-corrected chi connectivity index (χ2v) is 7.21. The van der Waals surface area contributed by atoms with Gasteiger partial charge in [0.05, 0.1) is 4.34 Å². The first kappa shape index (κ1) is 14.1. The third kappa shape index (κ3) is 2.93. The van der Waals surface area contributed by atoms with E-state index in [9.17, 15) is 0 Å². The summed E-state index contributed by atoms with van der Waals surface area (Å²) in [6.45, 7) is 2.25. The Bertz CT molecular complexity index is 564. The zero-order chi connectivity index (χ0) is 13.9. The zero-order valence-corrected chi connectivity index (χ0v) is 13.3. The molecule has 0 saturated carbocycles. The van der Waals surface area contributed by atoms with Gasteiger partial charge in [-0.05, 0) is 36.5 Å². The number of hydrogen-bond donors (Lipinski definition) is 1. The van der Waals surface area contributed by atoms with Crippen LogP contribution >= 0.6 is 22.9 Å². The van der Waals surface area contributed by atoms with Gasteiger partial charge in [0.25, 0.3) is 0 Å². The molecule has 1 nitrogen and oxygen atoms in total. The van der Waals surface area contributed by atoms with Gasteiger partial charge in [0.1, 0.15) is 0 Å². The van der Waals surface area contributed by atoms with Gasteiger partial charge in [-0.2, -0.15) is 0 Å². The summed E-state index contributed by atoms with van der Waals surface area (Å²) in [5, 5.41) is 3.85. The molecule has 2 unspecified atom stereocenters. The van der Waals surface area contributed by atoms with Crippen LogP contribution in [0.1, 0.15) is 54.3 Å². The summed E-state index contributed by atoms with van der Waals surface area (Å²) in [6, 6.07) is 13.8. The molecule has 0 radical (unpaired) electrons. The minimum Gasteiger partial charge on any atom is -0.303 e. The van der Waals surface area contributed by atoms with Crippen molar-refractivity contribution in [2.45, 2.75) is 44.7 Å². The van der Waals surface area contributed by atoms with Crippen LogP contribution < -0.4 is 5.32 Å². The van der Waals surface area contributed by atoms with Gasteiger partial charge in [0.15, 0.2) is 0 Å². The van der Waals surface area contributed by atoms with E-state index >= 15 is 0 Å². The van der Waals surface area contributed by atoms with Crippen LogP contribution in [-0.4, -0.2) is 0 Å².